The van der Waals surface area contributed by atoms with E-state index in [-0.39, 0.29) is 12.1 Å². The molecule has 0 saturated heterocycles. The summed E-state index contributed by atoms with van der Waals surface area (Å²) >= 11 is 0. The Morgan fingerprint density at radius 2 is 1.86 bits per heavy atom. The molecule has 2 N–H and O–H groups in total. The first-order chi connectivity index (χ1) is 9.99. The minimum Gasteiger partial charge on any atom is -0.414 e. The maximum absolute atomic E-state index is 13.9. The van der Waals surface area contributed by atoms with Gasteiger partial charge in [-0.3, -0.25) is 0 Å². The predicted molar refractivity (Wildman–Crippen MR) is 76.9 cm³/mol. The van der Waals surface area contributed by atoms with Crippen LogP contribution in [0.25, 0.3) is 0 Å². The first-order valence-corrected chi connectivity index (χ1v) is 7.02. The Kier molecular flexibility index (Phi) is 3.99. The van der Waals surface area contributed by atoms with Crippen molar-refractivity contribution in [2.75, 3.05) is 6.54 Å². The number of benzene rings is 1. The van der Waals surface area contributed by atoms with Crippen LogP contribution in [-0.2, 0) is 4.74 Å². The molecule has 0 bridgehead atoms. The van der Waals surface area contributed by atoms with Crippen molar-refractivity contribution >= 4 is 11.8 Å². The van der Waals surface area contributed by atoms with Crippen LogP contribution >= 0.6 is 0 Å². The minimum absolute atomic E-state index is 0.0514. The molecule has 4 nitrogen and oxygen atoms in total. The molecule has 0 spiro atoms. The fourth-order valence-electron chi connectivity index (χ4n) is 2.65. The average molecular weight is 317 g/mol. The van der Waals surface area contributed by atoms with Gasteiger partial charge in [-0.2, -0.15) is 4.79 Å². The number of nitrogens with zero attached hydrogens (tertiary/aromatic N) is 1. The van der Waals surface area contributed by atoms with E-state index < -0.39 is 35.1 Å². The van der Waals surface area contributed by atoms with Gasteiger partial charge in [-0.05, 0) is 20.8 Å². The van der Waals surface area contributed by atoms with Gasteiger partial charge in [0.05, 0.1) is 0 Å². The molecule has 0 fully saturated rings. The summed E-state index contributed by atoms with van der Waals surface area (Å²) in [7, 11) is 0. The maximum atomic E-state index is 13.9. The normalized spacial score (nSPS) is 25.5. The molecular weight excluding hydrogens is 297 g/mol. The number of carbonyl (C=O) groups is 1. The van der Waals surface area contributed by atoms with E-state index in [0.717, 1.165) is 0 Å². The lowest BCUT2D eigenvalue weighted by atomic mass is 9.95. The monoisotopic (exact) mass is 317 g/mol. The van der Waals surface area contributed by atoms with Crippen LogP contribution in [0.4, 0.5) is 23.7 Å². The molecule has 2 unspecified atom stereocenters. The molecule has 1 aliphatic rings. The zero-order valence-electron chi connectivity index (χ0n) is 12.8. The molecule has 122 valence electrons. The topological polar surface area (TPSA) is 52.3 Å². The van der Waals surface area contributed by atoms with Crippen molar-refractivity contribution in [2.24, 2.45) is 5.73 Å². The van der Waals surface area contributed by atoms with Crippen LogP contribution < -0.4 is 10.2 Å². The van der Waals surface area contributed by atoms with E-state index in [9.17, 15) is 18.0 Å². The van der Waals surface area contributed by atoms with Crippen LogP contribution in [0.5, 0.6) is 0 Å². The number of amides is 1. The molecule has 2 atom stereocenters. The molecule has 0 saturated carbocycles. The summed E-state index contributed by atoms with van der Waals surface area (Å²) in [4.78, 5) is 12.4. The first-order valence-electron chi connectivity index (χ1n) is 7.02. The Morgan fingerprint density at radius 1 is 1.27 bits per heavy atom. The number of hydrogen-bond acceptors (Lipinski definition) is 3. The lowest BCUT2D eigenvalue weighted by Crippen LogP contribution is -2.66. The number of halogens is 3. The number of fused-ring (bicyclic) bond motifs is 1. The van der Waals surface area contributed by atoms with E-state index in [1.807, 2.05) is 0 Å². The second kappa shape index (κ2) is 5.24. The number of ether oxygens (including phenoxy) is 1. The fraction of sp³-hybridized carbons (Fsp3) is 0.533. The van der Waals surface area contributed by atoms with Crippen LogP contribution in [0.1, 0.15) is 38.8 Å². The quantitative estimate of drug-likeness (QED) is 0.584. The van der Waals surface area contributed by atoms with Gasteiger partial charge in [0.1, 0.15) is 12.1 Å². The number of quaternary nitrogens is 1. The maximum Gasteiger partial charge on any atom is 0.576 e. The van der Waals surface area contributed by atoms with Gasteiger partial charge >= 0.3 is 12.4 Å². The standard InChI is InChI=1S/C15H20F3N2O2/c1-14(2,3)22-13(21)20(15(16,17)18)9-8-11(19)10-6-4-5-7-12(10)20/h4-7,11H,8-9,19H2,1-3H3/q+1. The van der Waals surface area contributed by atoms with E-state index in [1.165, 1.54) is 18.2 Å². The lowest BCUT2D eigenvalue weighted by molar-refractivity contribution is -0.229. The van der Waals surface area contributed by atoms with Crippen LogP contribution in [0.3, 0.4) is 0 Å². The number of hydrogen-bond donors (Lipinski definition) is 1. The Labute approximate surface area is 127 Å². The molecule has 2 rings (SSSR count). The van der Waals surface area contributed by atoms with Gasteiger partial charge in [0.25, 0.3) is 0 Å². The molecule has 1 aromatic rings. The van der Waals surface area contributed by atoms with Gasteiger partial charge in [0.2, 0.25) is 0 Å². The summed E-state index contributed by atoms with van der Waals surface area (Å²) in [5.41, 5.74) is 5.08. The van der Waals surface area contributed by atoms with Crippen molar-refractivity contribution in [3.63, 3.8) is 0 Å². The molecule has 1 amide bonds. The van der Waals surface area contributed by atoms with Crippen LogP contribution in [-0.4, -0.2) is 24.5 Å². The molecule has 1 aromatic carbocycles. The molecular formula is C15H20F3N2O2+. The summed E-state index contributed by atoms with van der Waals surface area (Å²) in [5.74, 6) is 0. The van der Waals surface area contributed by atoms with Gasteiger partial charge in [0, 0.05) is 24.1 Å². The summed E-state index contributed by atoms with van der Waals surface area (Å²) in [5, 5.41) is 0. The Morgan fingerprint density at radius 3 is 2.41 bits per heavy atom. The fourth-order valence-corrected chi connectivity index (χ4v) is 2.65. The third-order valence-corrected chi connectivity index (χ3v) is 3.66. The first kappa shape index (κ1) is 16.8. The van der Waals surface area contributed by atoms with Gasteiger partial charge in [0.15, 0.2) is 5.69 Å². The molecule has 22 heavy (non-hydrogen) atoms. The minimum atomic E-state index is -4.81. The Hall–Kier alpha value is -1.60. The van der Waals surface area contributed by atoms with Crippen molar-refractivity contribution in [3.8, 4) is 0 Å². The summed E-state index contributed by atoms with van der Waals surface area (Å²) in [6, 6.07) is 5.39. The number of alkyl halides is 3. The number of nitrogens with two attached hydrogens (primary N) is 1. The molecule has 0 aromatic heterocycles. The van der Waals surface area contributed by atoms with E-state index in [4.69, 9.17) is 10.5 Å². The van der Waals surface area contributed by atoms with E-state index >= 15 is 0 Å². The highest BCUT2D eigenvalue weighted by Crippen LogP contribution is 2.46. The Bertz CT molecular complexity index is 581. The SMILES string of the molecule is CC(C)(C)OC(=O)[N+]1(C(F)(F)F)CCC(N)c2ccccc21. The second-order valence-corrected chi connectivity index (χ2v) is 6.44. The molecule has 7 heteroatoms. The lowest BCUT2D eigenvalue weighted by Gasteiger charge is -2.40. The van der Waals surface area contributed by atoms with Gasteiger partial charge < -0.3 is 10.5 Å². The summed E-state index contributed by atoms with van der Waals surface area (Å²) < 4.78 is 44.8. The summed E-state index contributed by atoms with van der Waals surface area (Å²) in [6.45, 7) is 4.16. The zero-order chi connectivity index (χ0) is 16.8. The predicted octanol–water partition coefficient (Wildman–Crippen LogP) is 3.85. The third-order valence-electron chi connectivity index (χ3n) is 3.66. The van der Waals surface area contributed by atoms with Crippen molar-refractivity contribution in [2.45, 2.75) is 45.1 Å². The smallest absolute Gasteiger partial charge is 0.414 e. The number of para-hydroxylation sites is 1. The van der Waals surface area contributed by atoms with Crippen molar-refractivity contribution in [3.05, 3.63) is 29.8 Å². The van der Waals surface area contributed by atoms with Crippen LogP contribution in [0, 0.1) is 0 Å². The highest BCUT2D eigenvalue weighted by Gasteiger charge is 2.66. The van der Waals surface area contributed by atoms with Crippen LogP contribution in [0.15, 0.2) is 24.3 Å². The van der Waals surface area contributed by atoms with Crippen molar-refractivity contribution < 1.29 is 22.7 Å². The van der Waals surface area contributed by atoms with Crippen molar-refractivity contribution in [1.29, 1.82) is 0 Å². The summed E-state index contributed by atoms with van der Waals surface area (Å²) in [6.07, 6.45) is -6.08. The molecule has 0 radical (unpaired) electrons. The van der Waals surface area contributed by atoms with Gasteiger partial charge in [-0.15, -0.1) is 13.2 Å². The van der Waals surface area contributed by atoms with Crippen molar-refractivity contribution in [1.82, 2.24) is 4.48 Å². The highest BCUT2D eigenvalue weighted by atomic mass is 19.4. The third kappa shape index (κ3) is 2.70. The Balaban J connectivity index is 2.63. The molecule has 0 aliphatic carbocycles. The highest BCUT2D eigenvalue weighted by molar-refractivity contribution is 5.85. The largest absolute Gasteiger partial charge is 0.576 e. The average Bonchev–Trinajstić information content (AvgIpc) is 2.36. The van der Waals surface area contributed by atoms with E-state index in [1.54, 1.807) is 26.8 Å². The van der Waals surface area contributed by atoms with E-state index in [0.29, 0.717) is 5.56 Å². The van der Waals surface area contributed by atoms with Crippen LogP contribution in [0.2, 0.25) is 0 Å². The van der Waals surface area contributed by atoms with E-state index in [2.05, 4.69) is 0 Å². The molecule has 1 aliphatic heterocycles. The molecule has 1 heterocycles. The van der Waals surface area contributed by atoms with Gasteiger partial charge in [-0.25, -0.2) is 0 Å². The second-order valence-electron chi connectivity index (χ2n) is 6.44. The van der Waals surface area contributed by atoms with Gasteiger partial charge in [-0.1, -0.05) is 22.7 Å². The number of rotatable bonds is 0. The zero-order valence-corrected chi connectivity index (χ0v) is 12.8. The number of carbonyl (C=O) groups excluding carboxylic acids is 1.